The third kappa shape index (κ3) is 5.92. The van der Waals surface area contributed by atoms with Gasteiger partial charge in [0.05, 0.1) is 0 Å². The number of hydrogen-bond acceptors (Lipinski definition) is 3. The Bertz CT molecular complexity index is 567. The van der Waals surface area contributed by atoms with Crippen LogP contribution in [0.2, 0.25) is 0 Å². The first-order valence-electron chi connectivity index (χ1n) is 8.87. The topological polar surface area (TPSA) is 60.0 Å². The van der Waals surface area contributed by atoms with Gasteiger partial charge in [0.15, 0.2) is 5.96 Å². The lowest BCUT2D eigenvalue weighted by Gasteiger charge is -2.36. The highest BCUT2D eigenvalue weighted by Gasteiger charge is 2.21. The Balaban J connectivity index is 1.71. The number of carbonyl (C=O) groups is 1. The van der Waals surface area contributed by atoms with Gasteiger partial charge >= 0.3 is 0 Å². The average molecular weight is 349 g/mol. The number of aliphatic imine (C=N–C) groups is 1. The monoisotopic (exact) mass is 349 g/mol. The second-order valence-electron chi connectivity index (χ2n) is 6.02. The molecule has 0 atom stereocenters. The van der Waals surface area contributed by atoms with E-state index in [1.807, 2.05) is 4.90 Å². The summed E-state index contributed by atoms with van der Waals surface area (Å²) in [4.78, 5) is 20.5. The molecule has 2 rings (SSSR count). The molecule has 1 aromatic carbocycles. The van der Waals surface area contributed by atoms with Crippen molar-refractivity contribution in [3.63, 3.8) is 0 Å². The molecule has 1 aliphatic heterocycles. The summed E-state index contributed by atoms with van der Waals surface area (Å²) in [6, 6.07) is 6.51. The minimum Gasteiger partial charge on any atom is -0.368 e. The number of amides is 1. The maximum absolute atomic E-state index is 13.0. The van der Waals surface area contributed by atoms with Gasteiger partial charge in [-0.05, 0) is 30.7 Å². The van der Waals surface area contributed by atoms with E-state index < -0.39 is 0 Å². The van der Waals surface area contributed by atoms with Crippen LogP contribution in [0.4, 0.5) is 10.1 Å². The molecule has 0 spiro atoms. The minimum absolute atomic E-state index is 0.150. The number of piperazine rings is 1. The van der Waals surface area contributed by atoms with Gasteiger partial charge in [-0.2, -0.15) is 0 Å². The summed E-state index contributed by atoms with van der Waals surface area (Å²) in [5.74, 6) is 0.654. The van der Waals surface area contributed by atoms with E-state index >= 15 is 0 Å². The predicted molar refractivity (Wildman–Crippen MR) is 99.5 cm³/mol. The number of carbonyl (C=O) groups excluding carboxylic acids is 1. The second-order valence-corrected chi connectivity index (χ2v) is 6.02. The smallest absolute Gasteiger partial charge is 0.224 e. The van der Waals surface area contributed by atoms with E-state index in [4.69, 9.17) is 0 Å². The molecule has 0 radical (unpaired) electrons. The van der Waals surface area contributed by atoms with Crippen molar-refractivity contribution >= 4 is 17.6 Å². The molecule has 0 unspecified atom stereocenters. The predicted octanol–water partition coefficient (Wildman–Crippen LogP) is 1.44. The molecule has 1 fully saturated rings. The molecule has 0 aliphatic carbocycles. The normalized spacial score (nSPS) is 15.2. The second kappa shape index (κ2) is 9.86. The summed E-state index contributed by atoms with van der Waals surface area (Å²) >= 11 is 0. The molecule has 7 heteroatoms. The van der Waals surface area contributed by atoms with Crippen molar-refractivity contribution < 1.29 is 9.18 Å². The fourth-order valence-electron chi connectivity index (χ4n) is 2.78. The third-order valence-electron chi connectivity index (χ3n) is 4.22. The number of nitrogens with zero attached hydrogens (tertiary/aromatic N) is 3. The van der Waals surface area contributed by atoms with Crippen molar-refractivity contribution in [1.29, 1.82) is 0 Å². The molecule has 0 saturated carbocycles. The highest BCUT2D eigenvalue weighted by molar-refractivity contribution is 5.81. The highest BCUT2D eigenvalue weighted by Crippen LogP contribution is 2.17. The van der Waals surface area contributed by atoms with Gasteiger partial charge in [-0.15, -0.1) is 0 Å². The van der Waals surface area contributed by atoms with Crippen LogP contribution in [0.3, 0.4) is 0 Å². The fraction of sp³-hybridized carbons (Fsp3) is 0.556. The van der Waals surface area contributed by atoms with Crippen molar-refractivity contribution in [3.8, 4) is 0 Å². The molecule has 0 bridgehead atoms. The van der Waals surface area contributed by atoms with Crippen LogP contribution >= 0.6 is 0 Å². The number of anilines is 1. The van der Waals surface area contributed by atoms with Crippen LogP contribution in [0.25, 0.3) is 0 Å². The van der Waals surface area contributed by atoms with Crippen LogP contribution in [0.5, 0.6) is 0 Å². The lowest BCUT2D eigenvalue weighted by Crippen LogP contribution is -2.49. The van der Waals surface area contributed by atoms with Gasteiger partial charge in [-0.3, -0.25) is 9.79 Å². The number of hydrogen-bond donors (Lipinski definition) is 2. The quantitative estimate of drug-likeness (QED) is 0.603. The number of rotatable bonds is 6. The van der Waals surface area contributed by atoms with Gasteiger partial charge < -0.3 is 20.4 Å². The average Bonchev–Trinajstić information content (AvgIpc) is 2.65. The van der Waals surface area contributed by atoms with Crippen molar-refractivity contribution in [1.82, 2.24) is 15.5 Å². The Labute approximate surface area is 149 Å². The summed E-state index contributed by atoms with van der Waals surface area (Å²) in [6.45, 7) is 6.45. The number of guanidine groups is 1. The zero-order valence-corrected chi connectivity index (χ0v) is 15.1. The van der Waals surface area contributed by atoms with E-state index in [0.717, 1.165) is 37.7 Å². The van der Waals surface area contributed by atoms with Gasteiger partial charge in [-0.1, -0.05) is 6.92 Å². The van der Waals surface area contributed by atoms with Crippen molar-refractivity contribution in [2.45, 2.75) is 19.8 Å². The number of nitrogens with one attached hydrogen (secondary N) is 2. The molecule has 6 nitrogen and oxygen atoms in total. The Morgan fingerprint density at radius 3 is 2.36 bits per heavy atom. The lowest BCUT2D eigenvalue weighted by atomic mass is 10.2. The molecule has 25 heavy (non-hydrogen) atoms. The summed E-state index contributed by atoms with van der Waals surface area (Å²) in [5, 5.41) is 6.34. The molecular weight excluding hydrogens is 321 g/mol. The third-order valence-corrected chi connectivity index (χ3v) is 4.22. The summed E-state index contributed by atoms with van der Waals surface area (Å²) < 4.78 is 13.0. The number of halogens is 1. The Morgan fingerprint density at radius 2 is 1.76 bits per heavy atom. The van der Waals surface area contributed by atoms with Crippen molar-refractivity contribution in [2.75, 3.05) is 51.2 Å². The molecule has 1 saturated heterocycles. The van der Waals surface area contributed by atoms with Gasteiger partial charge in [0.2, 0.25) is 5.91 Å². The zero-order chi connectivity index (χ0) is 18.1. The fourth-order valence-corrected chi connectivity index (χ4v) is 2.78. The molecular formula is C18H28FN5O. The maximum atomic E-state index is 13.0. The van der Waals surface area contributed by atoms with Gasteiger partial charge in [0, 0.05) is 58.4 Å². The van der Waals surface area contributed by atoms with E-state index in [2.05, 4.69) is 27.4 Å². The van der Waals surface area contributed by atoms with E-state index in [1.54, 1.807) is 19.2 Å². The minimum atomic E-state index is -0.228. The largest absolute Gasteiger partial charge is 0.368 e. The van der Waals surface area contributed by atoms with Gasteiger partial charge in [-0.25, -0.2) is 4.39 Å². The molecule has 1 aromatic rings. The molecule has 138 valence electrons. The van der Waals surface area contributed by atoms with Crippen LogP contribution in [0.15, 0.2) is 29.3 Å². The molecule has 1 aliphatic rings. The van der Waals surface area contributed by atoms with Crippen LogP contribution in [0, 0.1) is 5.82 Å². The summed E-state index contributed by atoms with van der Waals surface area (Å²) in [6.07, 6.45) is 1.47. The van der Waals surface area contributed by atoms with Gasteiger partial charge in [0.25, 0.3) is 0 Å². The SMILES string of the molecule is CCCNC(=NC)NCCC(=O)N1CCN(c2ccc(F)cc2)CC1. The van der Waals surface area contributed by atoms with E-state index in [1.165, 1.54) is 12.1 Å². The van der Waals surface area contributed by atoms with Crippen molar-refractivity contribution in [3.05, 3.63) is 30.1 Å². The summed E-state index contributed by atoms with van der Waals surface area (Å²) in [7, 11) is 1.72. The van der Waals surface area contributed by atoms with Crippen LogP contribution < -0.4 is 15.5 Å². The van der Waals surface area contributed by atoms with Crippen LogP contribution in [0.1, 0.15) is 19.8 Å². The van der Waals surface area contributed by atoms with E-state index in [-0.39, 0.29) is 11.7 Å². The van der Waals surface area contributed by atoms with Crippen LogP contribution in [-0.2, 0) is 4.79 Å². The Kier molecular flexibility index (Phi) is 7.50. The van der Waals surface area contributed by atoms with Gasteiger partial charge in [0.1, 0.15) is 5.82 Å². The van der Waals surface area contributed by atoms with Crippen LogP contribution in [-0.4, -0.2) is 63.1 Å². The number of benzene rings is 1. The highest BCUT2D eigenvalue weighted by atomic mass is 19.1. The molecule has 0 aromatic heterocycles. The first-order valence-corrected chi connectivity index (χ1v) is 8.87. The lowest BCUT2D eigenvalue weighted by molar-refractivity contribution is -0.131. The van der Waals surface area contributed by atoms with Crippen molar-refractivity contribution in [2.24, 2.45) is 4.99 Å². The maximum Gasteiger partial charge on any atom is 0.224 e. The molecule has 1 heterocycles. The summed E-state index contributed by atoms with van der Waals surface area (Å²) in [5.41, 5.74) is 1.00. The Morgan fingerprint density at radius 1 is 1.12 bits per heavy atom. The molecule has 1 amide bonds. The first-order chi connectivity index (χ1) is 12.1. The molecule has 2 N–H and O–H groups in total. The standard InChI is InChI=1S/C18H28FN5O/c1-3-9-21-18(20-2)22-10-8-17(25)24-13-11-23(12-14-24)16-6-4-15(19)5-7-16/h4-7H,3,8-14H2,1-2H3,(H2,20,21,22). The zero-order valence-electron chi connectivity index (χ0n) is 15.1. The Hall–Kier alpha value is -2.31. The van der Waals surface area contributed by atoms with E-state index in [9.17, 15) is 9.18 Å². The van der Waals surface area contributed by atoms with E-state index in [0.29, 0.717) is 26.1 Å². The first kappa shape index (κ1) is 19.0.